The van der Waals surface area contributed by atoms with Crippen LogP contribution in [-0.4, -0.2) is 36.1 Å². The number of carbonyl (C=O) groups excluding carboxylic acids is 1. The molecule has 0 unspecified atom stereocenters. The summed E-state index contributed by atoms with van der Waals surface area (Å²) < 4.78 is 65.5. The van der Waals surface area contributed by atoms with Gasteiger partial charge in [-0.3, -0.25) is 0 Å². The van der Waals surface area contributed by atoms with Gasteiger partial charge in [0.25, 0.3) is 0 Å². The fourth-order valence-electron chi connectivity index (χ4n) is 2.38. The highest BCUT2D eigenvalue weighted by Gasteiger charge is 2.43. The lowest BCUT2D eigenvalue weighted by Gasteiger charge is -2.26. The molecule has 0 atom stereocenters. The number of rotatable bonds is 7. The van der Waals surface area contributed by atoms with E-state index in [-0.39, 0.29) is 16.3 Å². The van der Waals surface area contributed by atoms with Crippen LogP contribution in [0.3, 0.4) is 0 Å². The SMILES string of the molecule is C=C/C=C(F)\C(=C/C)N(N=C)/C(=C(\C)c1onc(C)c1C(=O)OC)C(F)(F)F. The molecule has 1 aromatic rings. The van der Waals surface area contributed by atoms with Gasteiger partial charge in [0.05, 0.1) is 18.5 Å². The number of halogens is 4. The number of carbonyl (C=O) groups is 1. The first-order chi connectivity index (χ1) is 13.0. The number of hydrazone groups is 1. The van der Waals surface area contributed by atoms with Crippen molar-refractivity contribution in [3.05, 3.63) is 59.0 Å². The number of alkyl halides is 3. The topological polar surface area (TPSA) is 67.9 Å². The van der Waals surface area contributed by atoms with E-state index in [0.717, 1.165) is 32.3 Å². The summed E-state index contributed by atoms with van der Waals surface area (Å²) in [4.78, 5) is 11.9. The number of nitrogens with zero attached hydrogens (tertiary/aromatic N) is 3. The molecule has 0 aliphatic rings. The molecule has 6 nitrogen and oxygen atoms in total. The molecule has 152 valence electrons. The number of esters is 1. The first kappa shape index (κ1) is 22.9. The molecule has 0 aliphatic carbocycles. The monoisotopic (exact) mass is 401 g/mol. The van der Waals surface area contributed by atoms with Crippen molar-refractivity contribution in [1.82, 2.24) is 10.2 Å². The Morgan fingerprint density at radius 2 is 2.00 bits per heavy atom. The fourth-order valence-corrected chi connectivity index (χ4v) is 2.38. The van der Waals surface area contributed by atoms with Crippen LogP contribution >= 0.6 is 0 Å². The van der Waals surface area contributed by atoms with Crippen LogP contribution in [0.1, 0.15) is 35.7 Å². The molecule has 0 N–H and O–H groups in total. The van der Waals surface area contributed by atoms with Crippen molar-refractivity contribution >= 4 is 18.3 Å². The number of methoxy groups -OCH3 is 1. The summed E-state index contributed by atoms with van der Waals surface area (Å²) in [6.45, 7) is 10.1. The Morgan fingerprint density at radius 1 is 1.39 bits per heavy atom. The standard InChI is InChI=1S/C18H19F4N3O3/c1-7-9-12(19)13(8-2)25(23-5)16(18(20,21)22)10(3)15-14(17(26)27-6)11(4)24-28-15/h7-9H,1,5H2,2-4,6H3/b12-9+,13-8+,16-10+. The quantitative estimate of drug-likeness (QED) is 0.213. The van der Waals surface area contributed by atoms with Crippen molar-refractivity contribution in [2.24, 2.45) is 5.10 Å². The molecule has 0 saturated carbocycles. The van der Waals surface area contributed by atoms with Crippen LogP contribution < -0.4 is 0 Å². The Labute approximate surface area is 159 Å². The fraction of sp³-hybridized carbons (Fsp3) is 0.278. The van der Waals surface area contributed by atoms with Gasteiger partial charge in [0.1, 0.15) is 11.4 Å². The molecule has 1 rings (SSSR count). The number of ether oxygens (including phenoxy) is 1. The first-order valence-electron chi connectivity index (χ1n) is 7.79. The van der Waals surface area contributed by atoms with Crippen molar-refractivity contribution in [2.75, 3.05) is 7.11 Å². The van der Waals surface area contributed by atoms with Gasteiger partial charge in [-0.15, -0.1) is 0 Å². The van der Waals surface area contributed by atoms with Crippen LogP contribution in [0.25, 0.3) is 5.57 Å². The van der Waals surface area contributed by atoms with Crippen molar-refractivity contribution in [1.29, 1.82) is 0 Å². The summed E-state index contributed by atoms with van der Waals surface area (Å²) in [7, 11) is 1.06. The van der Waals surface area contributed by atoms with Gasteiger partial charge in [-0.25, -0.2) is 14.2 Å². The molecule has 0 fully saturated rings. The highest BCUT2D eigenvalue weighted by atomic mass is 19.4. The molecule has 0 aliphatic heterocycles. The number of aryl methyl sites for hydroxylation is 1. The molecule has 1 heterocycles. The van der Waals surface area contributed by atoms with E-state index in [9.17, 15) is 22.4 Å². The normalized spacial score (nSPS) is 13.7. The minimum Gasteiger partial charge on any atom is -0.465 e. The second-order valence-electron chi connectivity index (χ2n) is 5.31. The number of hydrogen-bond acceptors (Lipinski definition) is 6. The highest BCUT2D eigenvalue weighted by Crippen LogP contribution is 2.39. The lowest BCUT2D eigenvalue weighted by molar-refractivity contribution is -0.108. The lowest BCUT2D eigenvalue weighted by Crippen LogP contribution is -2.29. The zero-order valence-corrected chi connectivity index (χ0v) is 15.7. The predicted molar refractivity (Wildman–Crippen MR) is 95.8 cm³/mol. The number of allylic oxidation sites excluding steroid dienone is 6. The zero-order valence-electron chi connectivity index (χ0n) is 15.7. The maximum absolute atomic E-state index is 14.3. The molecular weight excluding hydrogens is 382 g/mol. The van der Waals surface area contributed by atoms with Crippen LogP contribution in [0.2, 0.25) is 0 Å². The second-order valence-corrected chi connectivity index (χ2v) is 5.31. The molecule has 28 heavy (non-hydrogen) atoms. The summed E-state index contributed by atoms with van der Waals surface area (Å²) >= 11 is 0. The van der Waals surface area contributed by atoms with Crippen LogP contribution in [0.4, 0.5) is 17.6 Å². The molecule has 0 amide bonds. The molecule has 1 aromatic heterocycles. The van der Waals surface area contributed by atoms with Crippen molar-refractivity contribution in [3.8, 4) is 0 Å². The second kappa shape index (κ2) is 9.16. The van der Waals surface area contributed by atoms with E-state index < -0.39 is 40.7 Å². The summed E-state index contributed by atoms with van der Waals surface area (Å²) in [6.07, 6.45) is -1.99. The van der Waals surface area contributed by atoms with Crippen molar-refractivity contribution < 1.29 is 31.6 Å². The average molecular weight is 401 g/mol. The summed E-state index contributed by atoms with van der Waals surface area (Å²) in [5.41, 5.74) is -2.76. The van der Waals surface area contributed by atoms with Gasteiger partial charge in [0.15, 0.2) is 11.5 Å². The largest absolute Gasteiger partial charge is 0.465 e. The Balaban J connectivity index is 3.84. The Hall–Kier alpha value is -3.17. The lowest BCUT2D eigenvalue weighted by atomic mass is 10.1. The number of aromatic nitrogens is 1. The van der Waals surface area contributed by atoms with Gasteiger partial charge in [-0.2, -0.15) is 18.3 Å². The van der Waals surface area contributed by atoms with Gasteiger partial charge in [-0.05, 0) is 26.8 Å². The summed E-state index contributed by atoms with van der Waals surface area (Å²) in [5.74, 6) is -2.44. The Morgan fingerprint density at radius 3 is 2.43 bits per heavy atom. The minimum absolute atomic E-state index is 0.0322. The van der Waals surface area contributed by atoms with Crippen molar-refractivity contribution in [3.63, 3.8) is 0 Å². The third kappa shape index (κ3) is 4.56. The third-order valence-corrected chi connectivity index (χ3v) is 3.58. The molecule has 0 bridgehead atoms. The van der Waals surface area contributed by atoms with Gasteiger partial charge in [0, 0.05) is 12.3 Å². The van der Waals surface area contributed by atoms with Crippen LogP contribution in [-0.2, 0) is 4.74 Å². The van der Waals surface area contributed by atoms with Gasteiger partial charge in [-0.1, -0.05) is 23.9 Å². The minimum atomic E-state index is -5.01. The maximum Gasteiger partial charge on any atom is 0.433 e. The van der Waals surface area contributed by atoms with E-state index in [2.05, 4.69) is 28.3 Å². The molecule has 0 radical (unpaired) electrons. The first-order valence-corrected chi connectivity index (χ1v) is 7.79. The number of hydrogen-bond donors (Lipinski definition) is 0. The summed E-state index contributed by atoms with van der Waals surface area (Å²) in [6, 6.07) is 0. The van der Waals surface area contributed by atoms with E-state index in [1.54, 1.807) is 0 Å². The highest BCUT2D eigenvalue weighted by molar-refractivity contribution is 5.95. The van der Waals surface area contributed by atoms with E-state index in [4.69, 9.17) is 4.52 Å². The molecule has 0 saturated heterocycles. The van der Waals surface area contributed by atoms with Gasteiger partial charge < -0.3 is 9.26 Å². The van der Waals surface area contributed by atoms with E-state index >= 15 is 0 Å². The van der Waals surface area contributed by atoms with E-state index in [1.807, 2.05) is 0 Å². The van der Waals surface area contributed by atoms with Gasteiger partial charge in [0.2, 0.25) is 0 Å². The van der Waals surface area contributed by atoms with Crippen LogP contribution in [0.5, 0.6) is 0 Å². The van der Waals surface area contributed by atoms with E-state index in [1.165, 1.54) is 13.8 Å². The smallest absolute Gasteiger partial charge is 0.433 e. The van der Waals surface area contributed by atoms with Gasteiger partial charge >= 0.3 is 12.1 Å². The van der Waals surface area contributed by atoms with Crippen LogP contribution in [0.15, 0.2) is 51.7 Å². The van der Waals surface area contributed by atoms with Crippen molar-refractivity contribution in [2.45, 2.75) is 26.9 Å². The van der Waals surface area contributed by atoms with Crippen LogP contribution in [0, 0.1) is 6.92 Å². The Bertz CT molecular complexity index is 864. The average Bonchev–Trinajstić information content (AvgIpc) is 3.01. The molecular formula is C18H19F4N3O3. The molecule has 0 aromatic carbocycles. The molecule has 0 spiro atoms. The zero-order chi connectivity index (χ0) is 21.6. The third-order valence-electron chi connectivity index (χ3n) is 3.58. The predicted octanol–water partition coefficient (Wildman–Crippen LogP) is 4.92. The van der Waals surface area contributed by atoms with E-state index in [0.29, 0.717) is 0 Å². The Kier molecular flexibility index (Phi) is 7.48. The molecule has 10 heteroatoms. The summed E-state index contributed by atoms with van der Waals surface area (Å²) in [5, 5.41) is 7.12. The maximum atomic E-state index is 14.3.